The van der Waals surface area contributed by atoms with Crippen LogP contribution in [-0.2, 0) is 27.8 Å². The van der Waals surface area contributed by atoms with E-state index < -0.39 is 34.0 Å². The molecule has 15 heteroatoms. The van der Waals surface area contributed by atoms with Crippen LogP contribution in [-0.4, -0.2) is 76.2 Å². The summed E-state index contributed by atoms with van der Waals surface area (Å²) in [5, 5.41) is 14.1. The quantitative estimate of drug-likeness (QED) is 0.305. The Morgan fingerprint density at radius 2 is 1.93 bits per heavy atom. The van der Waals surface area contributed by atoms with Crippen LogP contribution < -0.4 is 14.2 Å². The number of ether oxygens (including phenoxy) is 4. The van der Waals surface area contributed by atoms with Crippen molar-refractivity contribution in [2.75, 3.05) is 19.9 Å². The Labute approximate surface area is 259 Å². The van der Waals surface area contributed by atoms with Gasteiger partial charge in [0.1, 0.15) is 28.1 Å². The minimum absolute atomic E-state index is 0.00490. The molecule has 43 heavy (non-hydrogen) atoms. The zero-order chi connectivity index (χ0) is 30.9. The molecule has 3 aromatic rings. The second-order valence-electron chi connectivity index (χ2n) is 11.2. The van der Waals surface area contributed by atoms with Crippen molar-refractivity contribution in [3.8, 4) is 17.2 Å². The van der Waals surface area contributed by atoms with Crippen molar-refractivity contribution in [3.05, 3.63) is 58.1 Å². The van der Waals surface area contributed by atoms with Crippen molar-refractivity contribution in [1.29, 1.82) is 0 Å². The van der Waals surface area contributed by atoms with Gasteiger partial charge in [-0.3, -0.25) is 4.90 Å². The molecule has 1 fully saturated rings. The molecule has 2 atom stereocenters. The zero-order valence-electron chi connectivity index (χ0n) is 24.1. The van der Waals surface area contributed by atoms with E-state index in [1.165, 1.54) is 21.3 Å². The van der Waals surface area contributed by atoms with Crippen LogP contribution in [0.1, 0.15) is 39.0 Å². The second-order valence-corrected chi connectivity index (χ2v) is 14.5. The number of halogens is 1. The van der Waals surface area contributed by atoms with Crippen LogP contribution in [0, 0.1) is 5.92 Å². The van der Waals surface area contributed by atoms with Gasteiger partial charge in [-0.25, -0.2) is 13.2 Å². The highest BCUT2D eigenvalue weighted by Crippen LogP contribution is 2.37. The number of rotatable bonds is 11. The molecule has 0 radical (unpaired) electrons. The lowest BCUT2D eigenvalue weighted by Crippen LogP contribution is -2.50. The number of carbonyl (C=O) groups is 1. The topological polar surface area (TPSA) is 141 Å². The summed E-state index contributed by atoms with van der Waals surface area (Å²) in [5.41, 5.74) is 0.192. The number of hydrogen-bond donors (Lipinski definition) is 1. The summed E-state index contributed by atoms with van der Waals surface area (Å²) in [6.45, 7) is 7.54. The molecule has 232 valence electrons. The van der Waals surface area contributed by atoms with E-state index in [1.54, 1.807) is 32.0 Å². The fourth-order valence-electron chi connectivity index (χ4n) is 5.29. The molecule has 0 spiro atoms. The molecule has 0 bridgehead atoms. The summed E-state index contributed by atoms with van der Waals surface area (Å²) in [6, 6.07) is 11.1. The van der Waals surface area contributed by atoms with E-state index in [4.69, 9.17) is 30.5 Å². The van der Waals surface area contributed by atoms with E-state index in [2.05, 4.69) is 9.59 Å². The summed E-state index contributed by atoms with van der Waals surface area (Å²) in [4.78, 5) is 13.8. The molecule has 5 rings (SSSR count). The third-order valence-electron chi connectivity index (χ3n) is 7.17. The van der Waals surface area contributed by atoms with Gasteiger partial charge in [0.05, 0.1) is 17.0 Å². The Hall–Kier alpha value is -3.17. The van der Waals surface area contributed by atoms with Gasteiger partial charge in [0.25, 0.3) is 0 Å². The first-order chi connectivity index (χ1) is 20.3. The third kappa shape index (κ3) is 6.83. The summed E-state index contributed by atoms with van der Waals surface area (Å²) in [6.07, 6.45) is -1.61. The summed E-state index contributed by atoms with van der Waals surface area (Å²) in [7, 11) is -3.99. The molecule has 1 N–H and O–H groups in total. The second kappa shape index (κ2) is 12.4. The minimum atomic E-state index is -3.99. The summed E-state index contributed by atoms with van der Waals surface area (Å²) >= 11 is 7.13. The number of sulfonamides is 1. The number of aromatic nitrogens is 2. The normalized spacial score (nSPS) is 19.4. The molecule has 0 saturated carbocycles. The molecule has 1 amide bonds. The van der Waals surface area contributed by atoms with Gasteiger partial charge < -0.3 is 24.1 Å². The van der Waals surface area contributed by atoms with Gasteiger partial charge in [0.2, 0.25) is 16.8 Å². The predicted octanol–water partition coefficient (Wildman–Crippen LogP) is 4.87. The van der Waals surface area contributed by atoms with Crippen molar-refractivity contribution >= 4 is 39.2 Å². The van der Waals surface area contributed by atoms with E-state index in [1.807, 2.05) is 26.0 Å². The molecule has 2 aliphatic heterocycles. The average Bonchev–Trinajstić information content (AvgIpc) is 3.64. The Morgan fingerprint density at radius 3 is 2.58 bits per heavy atom. The highest BCUT2D eigenvalue weighted by Gasteiger charge is 2.51. The van der Waals surface area contributed by atoms with Gasteiger partial charge in [-0.15, -0.1) is 5.10 Å². The molecule has 2 aromatic carbocycles. The highest BCUT2D eigenvalue weighted by molar-refractivity contribution is 7.89. The van der Waals surface area contributed by atoms with Crippen molar-refractivity contribution in [2.24, 2.45) is 5.92 Å². The van der Waals surface area contributed by atoms with Gasteiger partial charge in [0.15, 0.2) is 11.5 Å². The molecule has 2 aliphatic rings. The van der Waals surface area contributed by atoms with Crippen LogP contribution in [0.5, 0.6) is 17.2 Å². The molecular formula is C28H33ClN4O8S2. The maximum atomic E-state index is 13.9. The van der Waals surface area contributed by atoms with Crippen LogP contribution in [0.3, 0.4) is 0 Å². The van der Waals surface area contributed by atoms with Crippen LogP contribution >= 0.6 is 23.1 Å². The number of hydrogen-bond acceptors (Lipinski definition) is 10. The minimum Gasteiger partial charge on any atom is -0.487 e. The Kier molecular flexibility index (Phi) is 9.05. The number of benzene rings is 2. The van der Waals surface area contributed by atoms with E-state index >= 15 is 0 Å². The third-order valence-corrected chi connectivity index (χ3v) is 9.99. The lowest BCUT2D eigenvalue weighted by molar-refractivity contribution is -0.0690. The van der Waals surface area contributed by atoms with Crippen LogP contribution in [0.4, 0.5) is 4.79 Å². The van der Waals surface area contributed by atoms with E-state index in [0.717, 1.165) is 17.1 Å². The van der Waals surface area contributed by atoms with Crippen LogP contribution in [0.25, 0.3) is 0 Å². The largest absolute Gasteiger partial charge is 0.487 e. The van der Waals surface area contributed by atoms with E-state index in [0.29, 0.717) is 33.7 Å². The average molecular weight is 653 g/mol. The predicted molar refractivity (Wildman–Crippen MR) is 158 cm³/mol. The van der Waals surface area contributed by atoms with Gasteiger partial charge in [-0.1, -0.05) is 42.1 Å². The first-order valence-corrected chi connectivity index (χ1v) is 16.2. The molecule has 0 aliphatic carbocycles. The van der Waals surface area contributed by atoms with Gasteiger partial charge in [0, 0.05) is 30.7 Å². The lowest BCUT2D eigenvalue weighted by atomic mass is 10.00. The standard InChI is InChI=1S/C28H33ClN4O8S2/c1-17(2)13-32(43(36,37)20-9-10-23-24(12-20)40-16-39-23)14-25-22(33(27(34)35)28(3,4)41-25)11-18-5-7-19(8-6-18)38-15-21-26(29)42-31-30-21/h5-10,12,17,22,25H,11,13-16H2,1-4H3,(H,34,35)/t22-,25+/m0/s1. The fourth-order valence-corrected chi connectivity index (χ4v) is 7.52. The first-order valence-electron chi connectivity index (χ1n) is 13.6. The molecule has 3 heterocycles. The molecule has 1 aromatic heterocycles. The Bertz CT molecular complexity index is 1560. The van der Waals surface area contributed by atoms with Gasteiger partial charge >= 0.3 is 6.09 Å². The van der Waals surface area contributed by atoms with E-state index in [-0.39, 0.29) is 37.3 Å². The smallest absolute Gasteiger partial charge is 0.409 e. The zero-order valence-corrected chi connectivity index (χ0v) is 26.5. The summed E-state index contributed by atoms with van der Waals surface area (Å²) in [5.74, 6) is 1.42. The number of fused-ring (bicyclic) bond motifs is 1. The first kappa shape index (κ1) is 31.3. The Morgan fingerprint density at radius 1 is 1.21 bits per heavy atom. The van der Waals surface area contributed by atoms with Crippen molar-refractivity contribution in [3.63, 3.8) is 0 Å². The maximum absolute atomic E-state index is 13.9. The van der Waals surface area contributed by atoms with Crippen LogP contribution in [0.2, 0.25) is 4.34 Å². The van der Waals surface area contributed by atoms with E-state index in [9.17, 15) is 18.3 Å². The number of carboxylic acid groups (broad SMARTS) is 1. The Balaban J connectivity index is 1.38. The van der Waals surface area contributed by atoms with Gasteiger partial charge in [-0.05, 0) is 56.0 Å². The lowest BCUT2D eigenvalue weighted by Gasteiger charge is -2.31. The van der Waals surface area contributed by atoms with Gasteiger partial charge in [-0.2, -0.15) is 4.31 Å². The molecular weight excluding hydrogens is 620 g/mol. The van der Waals surface area contributed by atoms with Crippen molar-refractivity contribution in [1.82, 2.24) is 18.8 Å². The van der Waals surface area contributed by atoms with Crippen LogP contribution in [0.15, 0.2) is 47.4 Å². The molecule has 1 saturated heterocycles. The fraction of sp³-hybridized carbons (Fsp3) is 0.464. The summed E-state index contributed by atoms with van der Waals surface area (Å²) < 4.78 is 56.3. The van der Waals surface area contributed by atoms with Crippen molar-refractivity contribution < 1.29 is 37.3 Å². The highest BCUT2D eigenvalue weighted by atomic mass is 35.5. The SMILES string of the molecule is CC(C)CN(C[C@H]1OC(C)(C)N(C(=O)O)[C@H]1Cc1ccc(OCc2nnsc2Cl)cc1)S(=O)(=O)c1ccc2c(c1)OCO2. The molecule has 12 nitrogen and oxygen atoms in total. The number of amides is 1. The monoisotopic (exact) mass is 652 g/mol. The van der Waals surface area contributed by atoms with Crippen molar-refractivity contribution in [2.45, 2.75) is 63.5 Å². The number of nitrogens with zero attached hydrogens (tertiary/aromatic N) is 4. The molecule has 0 unspecified atom stereocenters. The maximum Gasteiger partial charge on any atom is 0.409 e.